The zero-order valence-corrected chi connectivity index (χ0v) is 9.38. The van der Waals surface area contributed by atoms with Gasteiger partial charge in [0.15, 0.2) is 0 Å². The fourth-order valence-electron chi connectivity index (χ4n) is 1.29. The van der Waals surface area contributed by atoms with Crippen LogP contribution in [-0.2, 0) is 20.1 Å². The van der Waals surface area contributed by atoms with Crippen LogP contribution in [0.1, 0.15) is 17.2 Å². The average molecular weight is 218 g/mol. The summed E-state index contributed by atoms with van der Waals surface area (Å²) in [5.74, 6) is 0.903. The summed E-state index contributed by atoms with van der Waals surface area (Å²) in [7, 11) is 1.87. The zero-order valence-electron chi connectivity index (χ0n) is 9.38. The number of aromatic nitrogens is 5. The normalized spacial score (nSPS) is 10.6. The molecule has 0 atom stereocenters. The minimum atomic E-state index is 0.673. The molecule has 84 valence electrons. The van der Waals surface area contributed by atoms with E-state index in [0.29, 0.717) is 13.1 Å². The van der Waals surface area contributed by atoms with E-state index in [2.05, 4.69) is 25.4 Å². The molecule has 2 aromatic heterocycles. The van der Waals surface area contributed by atoms with Crippen LogP contribution in [0.3, 0.4) is 0 Å². The summed E-state index contributed by atoms with van der Waals surface area (Å²) in [5, 5.41) is 7.23. The molecule has 16 heavy (non-hydrogen) atoms. The summed E-state index contributed by atoms with van der Waals surface area (Å²) < 4.78 is 1.74. The van der Waals surface area contributed by atoms with Crippen LogP contribution in [0.2, 0.25) is 0 Å². The van der Waals surface area contributed by atoms with Crippen molar-refractivity contribution >= 4 is 0 Å². The number of hydrogen-bond donors (Lipinski definition) is 1. The topological polar surface area (TPSA) is 68.5 Å². The van der Waals surface area contributed by atoms with Crippen LogP contribution in [0.4, 0.5) is 0 Å². The van der Waals surface area contributed by atoms with E-state index in [1.165, 1.54) is 0 Å². The van der Waals surface area contributed by atoms with Gasteiger partial charge in [0.1, 0.15) is 12.2 Å². The number of hydrogen-bond acceptors (Lipinski definition) is 5. The van der Waals surface area contributed by atoms with Gasteiger partial charge in [-0.1, -0.05) is 0 Å². The summed E-state index contributed by atoms with van der Waals surface area (Å²) in [6, 6.07) is 0. The average Bonchev–Trinajstić information content (AvgIpc) is 2.68. The molecule has 0 saturated carbocycles. The Hall–Kier alpha value is -1.82. The highest BCUT2D eigenvalue weighted by Crippen LogP contribution is 1.95. The molecule has 6 heteroatoms. The lowest BCUT2D eigenvalue weighted by molar-refractivity contribution is 0.607. The van der Waals surface area contributed by atoms with Crippen molar-refractivity contribution in [1.29, 1.82) is 0 Å². The highest BCUT2D eigenvalue weighted by atomic mass is 15.3. The lowest BCUT2D eigenvalue weighted by atomic mass is 10.4. The second kappa shape index (κ2) is 4.80. The van der Waals surface area contributed by atoms with Crippen molar-refractivity contribution in [2.75, 3.05) is 0 Å². The molecule has 1 N–H and O–H groups in total. The van der Waals surface area contributed by atoms with Gasteiger partial charge in [0, 0.05) is 26.0 Å². The van der Waals surface area contributed by atoms with Crippen LogP contribution in [0.5, 0.6) is 0 Å². The van der Waals surface area contributed by atoms with E-state index in [0.717, 1.165) is 17.2 Å². The van der Waals surface area contributed by atoms with E-state index in [4.69, 9.17) is 0 Å². The van der Waals surface area contributed by atoms with Crippen molar-refractivity contribution in [1.82, 2.24) is 30.0 Å². The van der Waals surface area contributed by atoms with Crippen LogP contribution >= 0.6 is 0 Å². The minimum Gasteiger partial charge on any atom is -0.304 e. The second-order valence-electron chi connectivity index (χ2n) is 3.55. The number of aryl methyl sites for hydroxylation is 2. The Labute approximate surface area is 93.8 Å². The summed E-state index contributed by atoms with van der Waals surface area (Å²) in [6.07, 6.45) is 5.08. The fourth-order valence-corrected chi connectivity index (χ4v) is 1.29. The molecule has 0 aliphatic rings. The number of nitrogens with zero attached hydrogens (tertiary/aromatic N) is 5. The Morgan fingerprint density at radius 3 is 2.69 bits per heavy atom. The molecule has 0 amide bonds. The third-order valence-electron chi connectivity index (χ3n) is 2.23. The van der Waals surface area contributed by atoms with Crippen LogP contribution in [-0.4, -0.2) is 24.7 Å². The molecule has 0 radical (unpaired) electrons. The lowest BCUT2D eigenvalue weighted by Gasteiger charge is -2.03. The Kier molecular flexibility index (Phi) is 3.21. The largest absolute Gasteiger partial charge is 0.304 e. The molecule has 0 unspecified atom stereocenters. The summed E-state index contributed by atoms with van der Waals surface area (Å²) >= 11 is 0. The van der Waals surface area contributed by atoms with E-state index in [-0.39, 0.29) is 0 Å². The molecule has 2 rings (SSSR count). The molecular weight excluding hydrogens is 204 g/mol. The Bertz CT molecular complexity index is 447. The molecule has 2 aromatic rings. The van der Waals surface area contributed by atoms with Crippen molar-refractivity contribution in [2.24, 2.45) is 7.05 Å². The smallest absolute Gasteiger partial charge is 0.140 e. The van der Waals surface area contributed by atoms with Crippen LogP contribution in [0.15, 0.2) is 18.7 Å². The van der Waals surface area contributed by atoms with Gasteiger partial charge in [0.2, 0.25) is 0 Å². The Morgan fingerprint density at radius 2 is 2.06 bits per heavy atom. The van der Waals surface area contributed by atoms with Crippen molar-refractivity contribution in [2.45, 2.75) is 20.0 Å². The maximum absolute atomic E-state index is 4.25. The van der Waals surface area contributed by atoms with Crippen molar-refractivity contribution in [3.05, 3.63) is 35.9 Å². The Morgan fingerprint density at radius 1 is 1.19 bits per heavy atom. The van der Waals surface area contributed by atoms with Gasteiger partial charge in [0.05, 0.1) is 17.9 Å². The molecule has 0 aliphatic carbocycles. The van der Waals surface area contributed by atoms with E-state index < -0.39 is 0 Å². The lowest BCUT2D eigenvalue weighted by Crippen LogP contribution is -2.17. The molecule has 0 aliphatic heterocycles. The molecule has 2 heterocycles. The fraction of sp³-hybridized carbons (Fsp3) is 0.400. The van der Waals surface area contributed by atoms with Gasteiger partial charge >= 0.3 is 0 Å². The number of rotatable bonds is 4. The van der Waals surface area contributed by atoms with Crippen molar-refractivity contribution < 1.29 is 0 Å². The van der Waals surface area contributed by atoms with Gasteiger partial charge in [0.25, 0.3) is 0 Å². The zero-order chi connectivity index (χ0) is 11.4. The van der Waals surface area contributed by atoms with Crippen LogP contribution in [0.25, 0.3) is 0 Å². The first-order valence-corrected chi connectivity index (χ1v) is 5.07. The molecule has 0 saturated heterocycles. The first-order valence-electron chi connectivity index (χ1n) is 5.07. The highest BCUT2D eigenvalue weighted by Gasteiger charge is 2.00. The first-order chi connectivity index (χ1) is 7.75. The van der Waals surface area contributed by atoms with E-state index in [1.54, 1.807) is 23.4 Å². The van der Waals surface area contributed by atoms with E-state index in [1.807, 2.05) is 14.0 Å². The summed E-state index contributed by atoms with van der Waals surface area (Å²) in [4.78, 5) is 12.5. The SMILES string of the molecule is Cc1cnc(CNCc2ncnn2C)cn1. The standard InChI is InChI=1S/C10H14N6/c1-8-3-13-9(5-12-8)4-11-6-10-14-7-15-16(10)2/h3,5,7,11H,4,6H2,1-2H3. The maximum Gasteiger partial charge on any atom is 0.140 e. The number of nitrogens with one attached hydrogen (secondary N) is 1. The predicted molar refractivity (Wildman–Crippen MR) is 58.3 cm³/mol. The second-order valence-corrected chi connectivity index (χ2v) is 3.55. The monoisotopic (exact) mass is 218 g/mol. The van der Waals surface area contributed by atoms with Gasteiger partial charge in [-0.15, -0.1) is 0 Å². The van der Waals surface area contributed by atoms with Gasteiger partial charge in [-0.3, -0.25) is 14.6 Å². The molecular formula is C10H14N6. The third-order valence-corrected chi connectivity index (χ3v) is 2.23. The summed E-state index contributed by atoms with van der Waals surface area (Å²) in [6.45, 7) is 3.27. The van der Waals surface area contributed by atoms with E-state index in [9.17, 15) is 0 Å². The highest BCUT2D eigenvalue weighted by molar-refractivity contribution is 5.00. The third kappa shape index (κ3) is 2.60. The van der Waals surface area contributed by atoms with Crippen molar-refractivity contribution in [3.63, 3.8) is 0 Å². The van der Waals surface area contributed by atoms with Gasteiger partial charge in [-0.2, -0.15) is 5.10 Å². The maximum atomic E-state index is 4.25. The molecule has 0 aromatic carbocycles. The minimum absolute atomic E-state index is 0.673. The molecule has 0 spiro atoms. The first kappa shape index (κ1) is 10.7. The molecule has 0 bridgehead atoms. The summed E-state index contributed by atoms with van der Waals surface area (Å²) in [5.41, 5.74) is 1.85. The van der Waals surface area contributed by atoms with Gasteiger partial charge in [-0.25, -0.2) is 4.98 Å². The molecule has 6 nitrogen and oxygen atoms in total. The van der Waals surface area contributed by atoms with Gasteiger partial charge < -0.3 is 5.32 Å². The van der Waals surface area contributed by atoms with Crippen LogP contribution in [0, 0.1) is 6.92 Å². The molecule has 0 fully saturated rings. The quantitative estimate of drug-likeness (QED) is 0.794. The van der Waals surface area contributed by atoms with Crippen molar-refractivity contribution in [3.8, 4) is 0 Å². The van der Waals surface area contributed by atoms with Gasteiger partial charge in [-0.05, 0) is 6.92 Å². The Balaban J connectivity index is 1.84. The predicted octanol–water partition coefficient (Wildman–Crippen LogP) is 0.203. The van der Waals surface area contributed by atoms with Crippen LogP contribution < -0.4 is 5.32 Å². The van der Waals surface area contributed by atoms with E-state index >= 15 is 0 Å².